The molecule has 0 saturated carbocycles. The summed E-state index contributed by atoms with van der Waals surface area (Å²) < 4.78 is 0.777. The van der Waals surface area contributed by atoms with Crippen LogP contribution in [0.4, 0.5) is 10.5 Å². The molecule has 1 aliphatic rings. The molecule has 2 amide bonds. The number of aromatic nitrogens is 2. The number of rotatable bonds is 3. The van der Waals surface area contributed by atoms with Gasteiger partial charge in [-0.25, -0.2) is 9.78 Å². The first-order valence-corrected chi connectivity index (χ1v) is 9.79. The molecule has 1 saturated heterocycles. The zero-order valence-electron chi connectivity index (χ0n) is 14.1. The summed E-state index contributed by atoms with van der Waals surface area (Å²) >= 11 is 7.56. The molecule has 2 N–H and O–H groups in total. The predicted octanol–water partition coefficient (Wildman–Crippen LogP) is 5.22. The van der Waals surface area contributed by atoms with Crippen LogP contribution in [0.5, 0.6) is 0 Å². The van der Waals surface area contributed by atoms with Crippen LogP contribution in [0, 0.1) is 0 Å². The van der Waals surface area contributed by atoms with Gasteiger partial charge in [0.25, 0.3) is 0 Å². The standard InChI is InChI=1S/C20H15ClN4OS/c21-19-7-14(10-27-19)12-1-3-13(4-2-12)18-9-22-20(26)25(18)15-5-6-16-17(8-15)24-11-23-16/h1-8,10-11,18H,9H2,(H,22,26)(H,23,24). The second kappa shape index (κ2) is 6.40. The van der Waals surface area contributed by atoms with Gasteiger partial charge in [-0.3, -0.25) is 4.90 Å². The quantitative estimate of drug-likeness (QED) is 0.500. The van der Waals surface area contributed by atoms with E-state index < -0.39 is 0 Å². The van der Waals surface area contributed by atoms with Gasteiger partial charge in [0.05, 0.1) is 27.7 Å². The molecule has 4 aromatic rings. The van der Waals surface area contributed by atoms with E-state index in [2.05, 4.69) is 39.6 Å². The lowest BCUT2D eigenvalue weighted by molar-refractivity contribution is 0.251. The van der Waals surface area contributed by atoms with Crippen LogP contribution in [0.3, 0.4) is 0 Å². The van der Waals surface area contributed by atoms with Crippen LogP contribution in [0.15, 0.2) is 60.2 Å². The van der Waals surface area contributed by atoms with E-state index >= 15 is 0 Å². The molecule has 5 rings (SSSR count). The Morgan fingerprint density at radius 1 is 1.11 bits per heavy atom. The maximum atomic E-state index is 12.5. The van der Waals surface area contributed by atoms with Gasteiger partial charge in [-0.05, 0) is 41.0 Å². The molecule has 2 aromatic carbocycles. The summed E-state index contributed by atoms with van der Waals surface area (Å²) in [6, 6.07) is 15.9. The molecule has 1 aliphatic heterocycles. The molecule has 1 atom stereocenters. The Morgan fingerprint density at radius 3 is 2.74 bits per heavy atom. The Morgan fingerprint density at radius 2 is 1.96 bits per heavy atom. The summed E-state index contributed by atoms with van der Waals surface area (Å²) in [5.41, 5.74) is 5.94. The fourth-order valence-electron chi connectivity index (χ4n) is 3.50. The van der Waals surface area contributed by atoms with Gasteiger partial charge in [-0.15, -0.1) is 11.3 Å². The number of halogens is 1. The van der Waals surface area contributed by atoms with Crippen molar-refractivity contribution in [3.63, 3.8) is 0 Å². The summed E-state index contributed by atoms with van der Waals surface area (Å²) in [4.78, 5) is 21.7. The highest BCUT2D eigenvalue weighted by Crippen LogP contribution is 2.34. The fraction of sp³-hybridized carbons (Fsp3) is 0.100. The number of nitrogens with one attached hydrogen (secondary N) is 2. The molecule has 5 nitrogen and oxygen atoms in total. The minimum absolute atomic E-state index is 0.0611. The number of thiophene rings is 1. The second-order valence-corrected chi connectivity index (χ2v) is 7.98. The van der Waals surface area contributed by atoms with Crippen LogP contribution in [0.2, 0.25) is 4.34 Å². The van der Waals surface area contributed by atoms with E-state index in [0.29, 0.717) is 6.54 Å². The molecule has 27 heavy (non-hydrogen) atoms. The van der Waals surface area contributed by atoms with Gasteiger partial charge in [0, 0.05) is 17.6 Å². The highest BCUT2D eigenvalue weighted by atomic mass is 35.5. The number of carbonyl (C=O) groups excluding carboxylic acids is 1. The molecule has 1 fully saturated rings. The first kappa shape index (κ1) is 16.4. The number of carbonyl (C=O) groups is 1. The normalized spacial score (nSPS) is 16.9. The van der Waals surface area contributed by atoms with Gasteiger partial charge in [0.15, 0.2) is 0 Å². The molecule has 2 aromatic heterocycles. The molecule has 0 spiro atoms. The third kappa shape index (κ3) is 2.87. The van der Waals surface area contributed by atoms with Crippen molar-refractivity contribution in [2.45, 2.75) is 6.04 Å². The molecule has 1 unspecified atom stereocenters. The number of imidazole rings is 1. The minimum Gasteiger partial charge on any atom is -0.345 e. The first-order chi connectivity index (χ1) is 13.2. The molecular weight excluding hydrogens is 380 g/mol. The van der Waals surface area contributed by atoms with E-state index in [0.717, 1.165) is 37.7 Å². The number of H-pyrrole nitrogens is 1. The third-order valence-corrected chi connectivity index (χ3v) is 5.95. The Bertz CT molecular complexity index is 1130. The van der Waals surface area contributed by atoms with Crippen molar-refractivity contribution in [1.29, 1.82) is 0 Å². The zero-order chi connectivity index (χ0) is 18.4. The van der Waals surface area contributed by atoms with Crippen LogP contribution in [-0.2, 0) is 0 Å². The lowest BCUT2D eigenvalue weighted by Crippen LogP contribution is -2.29. The van der Waals surface area contributed by atoms with E-state index in [9.17, 15) is 4.79 Å². The van der Waals surface area contributed by atoms with E-state index in [1.54, 1.807) is 11.2 Å². The molecule has 0 bridgehead atoms. The average molecular weight is 395 g/mol. The Hall–Kier alpha value is -2.83. The van der Waals surface area contributed by atoms with Crippen molar-refractivity contribution in [3.8, 4) is 11.1 Å². The van der Waals surface area contributed by atoms with Crippen molar-refractivity contribution in [2.75, 3.05) is 11.4 Å². The highest BCUT2D eigenvalue weighted by Gasteiger charge is 2.33. The smallest absolute Gasteiger partial charge is 0.322 e. The first-order valence-electron chi connectivity index (χ1n) is 8.53. The van der Waals surface area contributed by atoms with Gasteiger partial charge in [0.1, 0.15) is 0 Å². The van der Waals surface area contributed by atoms with Gasteiger partial charge < -0.3 is 10.3 Å². The summed E-state index contributed by atoms with van der Waals surface area (Å²) in [5, 5.41) is 5.00. The summed E-state index contributed by atoms with van der Waals surface area (Å²) in [6.45, 7) is 0.570. The van der Waals surface area contributed by atoms with Gasteiger partial charge in [-0.1, -0.05) is 35.9 Å². The zero-order valence-corrected chi connectivity index (χ0v) is 15.7. The Balaban J connectivity index is 1.48. The number of hydrogen-bond donors (Lipinski definition) is 2. The second-order valence-electron chi connectivity index (χ2n) is 6.44. The lowest BCUT2D eigenvalue weighted by atomic mass is 10.0. The number of urea groups is 1. The number of amides is 2. The highest BCUT2D eigenvalue weighted by molar-refractivity contribution is 7.14. The van der Waals surface area contributed by atoms with Crippen molar-refractivity contribution in [3.05, 3.63) is 70.1 Å². The van der Waals surface area contributed by atoms with Crippen LogP contribution in [0.25, 0.3) is 22.2 Å². The van der Waals surface area contributed by atoms with Crippen molar-refractivity contribution >= 4 is 45.7 Å². The van der Waals surface area contributed by atoms with Crippen LogP contribution in [-0.4, -0.2) is 22.5 Å². The number of fused-ring (bicyclic) bond motifs is 1. The summed E-state index contributed by atoms with van der Waals surface area (Å²) in [6.07, 6.45) is 1.66. The predicted molar refractivity (Wildman–Crippen MR) is 109 cm³/mol. The van der Waals surface area contributed by atoms with Gasteiger partial charge >= 0.3 is 6.03 Å². The monoisotopic (exact) mass is 394 g/mol. The number of benzene rings is 2. The minimum atomic E-state index is -0.0939. The van der Waals surface area contributed by atoms with Crippen molar-refractivity contribution < 1.29 is 4.79 Å². The Kier molecular flexibility index (Phi) is 3.88. The molecule has 7 heteroatoms. The molecule has 134 valence electrons. The SMILES string of the molecule is O=C1NCC(c2ccc(-c3csc(Cl)c3)cc2)N1c1ccc2[nH]cnc2c1. The van der Waals surface area contributed by atoms with Crippen molar-refractivity contribution in [1.82, 2.24) is 15.3 Å². The largest absolute Gasteiger partial charge is 0.345 e. The van der Waals surface area contributed by atoms with Crippen LogP contribution < -0.4 is 10.2 Å². The third-order valence-electron chi connectivity index (χ3n) is 4.86. The average Bonchev–Trinajstić information content (AvgIpc) is 3.41. The maximum absolute atomic E-state index is 12.5. The van der Waals surface area contributed by atoms with Gasteiger partial charge in [-0.2, -0.15) is 0 Å². The maximum Gasteiger partial charge on any atom is 0.322 e. The molecule has 0 radical (unpaired) electrons. The number of anilines is 1. The van der Waals surface area contributed by atoms with E-state index in [4.69, 9.17) is 11.6 Å². The fourth-order valence-corrected chi connectivity index (χ4v) is 4.39. The van der Waals surface area contributed by atoms with Gasteiger partial charge in [0.2, 0.25) is 0 Å². The summed E-state index contributed by atoms with van der Waals surface area (Å²) in [5.74, 6) is 0. The molecule has 0 aliphatic carbocycles. The van der Waals surface area contributed by atoms with Crippen LogP contribution in [0.1, 0.15) is 11.6 Å². The Labute approximate surface area is 164 Å². The van der Waals surface area contributed by atoms with Crippen molar-refractivity contribution in [2.24, 2.45) is 0 Å². The number of hydrogen-bond acceptors (Lipinski definition) is 3. The summed E-state index contributed by atoms with van der Waals surface area (Å²) in [7, 11) is 0. The number of nitrogens with zero attached hydrogens (tertiary/aromatic N) is 2. The lowest BCUT2D eigenvalue weighted by Gasteiger charge is -2.23. The van der Waals surface area contributed by atoms with E-state index in [-0.39, 0.29) is 12.1 Å². The van der Waals surface area contributed by atoms with E-state index in [1.807, 2.05) is 29.6 Å². The molecule has 3 heterocycles. The topological polar surface area (TPSA) is 61.0 Å². The molecular formula is C20H15ClN4OS. The number of aromatic amines is 1. The van der Waals surface area contributed by atoms with Crippen LogP contribution >= 0.6 is 22.9 Å². The van der Waals surface area contributed by atoms with E-state index in [1.165, 1.54) is 11.3 Å².